The molecule has 9 heteroatoms. The van der Waals surface area contributed by atoms with Gasteiger partial charge in [-0.15, -0.1) is 0 Å². The first kappa shape index (κ1) is 17.4. The molecule has 0 spiro atoms. The van der Waals surface area contributed by atoms with Crippen LogP contribution in [0.15, 0.2) is 31.1 Å². The largest absolute Gasteiger partial charge is 0.409 e. The van der Waals surface area contributed by atoms with Crippen LogP contribution in [0.1, 0.15) is 12.5 Å². The summed E-state index contributed by atoms with van der Waals surface area (Å²) in [5.41, 5.74) is 6.30. The van der Waals surface area contributed by atoms with Crippen molar-refractivity contribution in [2.45, 2.75) is 18.7 Å². The van der Waals surface area contributed by atoms with Gasteiger partial charge in [0, 0.05) is 15.5 Å². The first-order valence-electron chi connectivity index (χ1n) is 5.66. The SMILES string of the molecule is CCN(C/C(N)=N/O)S(=O)(=O)c1cc(Br)c(C)cc1Br. The van der Waals surface area contributed by atoms with Gasteiger partial charge in [-0.1, -0.05) is 28.0 Å². The molecule has 1 rings (SSSR count). The summed E-state index contributed by atoms with van der Waals surface area (Å²) >= 11 is 6.58. The van der Waals surface area contributed by atoms with Gasteiger partial charge in [0.15, 0.2) is 5.84 Å². The summed E-state index contributed by atoms with van der Waals surface area (Å²) in [5.74, 6) is -0.169. The lowest BCUT2D eigenvalue weighted by Gasteiger charge is -2.21. The summed E-state index contributed by atoms with van der Waals surface area (Å²) in [6.07, 6.45) is 0. The van der Waals surface area contributed by atoms with Crippen LogP contribution in [-0.4, -0.2) is 36.9 Å². The number of hydrogen-bond donors (Lipinski definition) is 2. The van der Waals surface area contributed by atoms with Crippen LogP contribution in [0.5, 0.6) is 0 Å². The third-order valence-corrected chi connectivity index (χ3v) is 6.38. The Kier molecular flexibility index (Phi) is 5.99. The van der Waals surface area contributed by atoms with E-state index in [2.05, 4.69) is 37.0 Å². The van der Waals surface area contributed by atoms with Gasteiger partial charge in [0.25, 0.3) is 0 Å². The summed E-state index contributed by atoms with van der Waals surface area (Å²) in [6, 6.07) is 3.25. The van der Waals surface area contributed by atoms with E-state index in [1.807, 2.05) is 6.92 Å². The van der Waals surface area contributed by atoms with Crippen LogP contribution in [0.25, 0.3) is 0 Å². The summed E-state index contributed by atoms with van der Waals surface area (Å²) in [6.45, 7) is 3.57. The van der Waals surface area contributed by atoms with E-state index in [1.54, 1.807) is 13.0 Å². The number of hydrogen-bond acceptors (Lipinski definition) is 4. The fourth-order valence-corrected chi connectivity index (χ4v) is 4.60. The smallest absolute Gasteiger partial charge is 0.244 e. The zero-order valence-corrected chi connectivity index (χ0v) is 15.0. The number of halogens is 2. The molecule has 0 unspecified atom stereocenters. The maximum absolute atomic E-state index is 12.6. The number of sulfonamides is 1. The molecule has 0 fully saturated rings. The number of likely N-dealkylation sites (N-methyl/N-ethyl adjacent to an activating group) is 1. The second kappa shape index (κ2) is 6.88. The molecular weight excluding hydrogens is 414 g/mol. The minimum absolute atomic E-state index is 0.127. The fraction of sp³-hybridized carbons (Fsp3) is 0.364. The van der Waals surface area contributed by atoms with E-state index in [0.29, 0.717) is 8.95 Å². The number of benzene rings is 1. The second-order valence-electron chi connectivity index (χ2n) is 4.05. The second-order valence-corrected chi connectivity index (χ2v) is 7.67. The van der Waals surface area contributed by atoms with Crippen LogP contribution in [0.3, 0.4) is 0 Å². The van der Waals surface area contributed by atoms with Crippen molar-refractivity contribution in [3.63, 3.8) is 0 Å². The summed E-state index contributed by atoms with van der Waals surface area (Å²) in [7, 11) is -3.74. The van der Waals surface area contributed by atoms with Crippen LogP contribution in [0.2, 0.25) is 0 Å². The lowest BCUT2D eigenvalue weighted by atomic mass is 10.2. The van der Waals surface area contributed by atoms with E-state index in [1.165, 1.54) is 6.07 Å². The Hall–Kier alpha value is -0.640. The van der Waals surface area contributed by atoms with Crippen LogP contribution < -0.4 is 5.73 Å². The van der Waals surface area contributed by atoms with Crippen molar-refractivity contribution in [1.82, 2.24) is 4.31 Å². The van der Waals surface area contributed by atoms with E-state index in [0.717, 1.165) is 9.87 Å². The van der Waals surface area contributed by atoms with Crippen molar-refractivity contribution < 1.29 is 13.6 Å². The van der Waals surface area contributed by atoms with Crippen LogP contribution in [0, 0.1) is 6.92 Å². The molecule has 0 aliphatic carbocycles. The van der Waals surface area contributed by atoms with Gasteiger partial charge in [-0.3, -0.25) is 0 Å². The Labute approximate surface area is 134 Å². The van der Waals surface area contributed by atoms with E-state index in [-0.39, 0.29) is 23.8 Å². The molecule has 0 bridgehead atoms. The standard InChI is InChI=1S/C11H15Br2N3O3S/c1-3-16(6-11(14)15-17)20(18,19)10-5-8(12)7(2)4-9(10)13/h4-5,17H,3,6H2,1-2H3,(H2,14,15). The van der Waals surface area contributed by atoms with Crippen LogP contribution in [-0.2, 0) is 10.0 Å². The molecule has 0 radical (unpaired) electrons. The summed E-state index contributed by atoms with van der Waals surface area (Å²) in [4.78, 5) is 0.127. The topological polar surface area (TPSA) is 96.0 Å². The summed E-state index contributed by atoms with van der Waals surface area (Å²) in [5, 5.41) is 11.4. The van der Waals surface area contributed by atoms with Crippen molar-refractivity contribution in [3.8, 4) is 0 Å². The third-order valence-electron chi connectivity index (χ3n) is 2.65. The molecule has 0 heterocycles. The Balaban J connectivity index is 3.31. The van der Waals surface area contributed by atoms with E-state index in [4.69, 9.17) is 10.9 Å². The zero-order chi connectivity index (χ0) is 15.5. The van der Waals surface area contributed by atoms with Gasteiger partial charge >= 0.3 is 0 Å². The minimum atomic E-state index is -3.74. The predicted octanol–water partition coefficient (Wildman–Crippen LogP) is 2.28. The highest BCUT2D eigenvalue weighted by atomic mass is 79.9. The number of amidine groups is 1. The van der Waals surface area contributed by atoms with Crippen molar-refractivity contribution in [2.24, 2.45) is 10.9 Å². The van der Waals surface area contributed by atoms with Crippen molar-refractivity contribution >= 4 is 47.7 Å². The molecule has 0 amide bonds. The number of rotatable bonds is 5. The number of nitrogens with zero attached hydrogens (tertiary/aromatic N) is 2. The Morgan fingerprint density at radius 1 is 1.40 bits per heavy atom. The van der Waals surface area contributed by atoms with Crippen molar-refractivity contribution in [3.05, 3.63) is 26.6 Å². The highest BCUT2D eigenvalue weighted by Gasteiger charge is 2.27. The van der Waals surface area contributed by atoms with Crippen LogP contribution >= 0.6 is 31.9 Å². The Morgan fingerprint density at radius 2 is 2.00 bits per heavy atom. The van der Waals surface area contributed by atoms with E-state index >= 15 is 0 Å². The summed E-state index contributed by atoms with van der Waals surface area (Å²) < 4.78 is 27.5. The Bertz CT molecular complexity index is 632. The van der Waals surface area contributed by atoms with Gasteiger partial charge in [0.05, 0.1) is 11.4 Å². The minimum Gasteiger partial charge on any atom is -0.409 e. The van der Waals surface area contributed by atoms with Crippen molar-refractivity contribution in [2.75, 3.05) is 13.1 Å². The molecule has 112 valence electrons. The molecule has 1 aromatic carbocycles. The molecule has 0 saturated carbocycles. The maximum atomic E-state index is 12.6. The van der Waals surface area contributed by atoms with Gasteiger partial charge in [-0.05, 0) is 40.5 Å². The highest BCUT2D eigenvalue weighted by Crippen LogP contribution is 2.30. The van der Waals surface area contributed by atoms with Gasteiger partial charge in [0.1, 0.15) is 0 Å². The fourth-order valence-electron chi connectivity index (χ4n) is 1.54. The normalized spacial score (nSPS) is 12.9. The van der Waals surface area contributed by atoms with Crippen LogP contribution in [0.4, 0.5) is 0 Å². The molecule has 6 nitrogen and oxygen atoms in total. The third kappa shape index (κ3) is 3.72. The van der Waals surface area contributed by atoms with E-state index < -0.39 is 10.0 Å². The molecule has 1 aromatic rings. The number of nitrogens with two attached hydrogens (primary N) is 1. The van der Waals surface area contributed by atoms with Gasteiger partial charge in [0.2, 0.25) is 10.0 Å². The maximum Gasteiger partial charge on any atom is 0.244 e. The molecule has 20 heavy (non-hydrogen) atoms. The molecule has 0 saturated heterocycles. The number of oxime groups is 1. The molecule has 0 aromatic heterocycles. The molecule has 3 N–H and O–H groups in total. The van der Waals surface area contributed by atoms with Gasteiger partial charge < -0.3 is 10.9 Å². The molecule has 0 aliphatic rings. The van der Waals surface area contributed by atoms with Crippen molar-refractivity contribution in [1.29, 1.82) is 0 Å². The number of aryl methyl sites for hydroxylation is 1. The molecule has 0 atom stereocenters. The molecule has 0 aliphatic heterocycles. The molecular formula is C11H15Br2N3O3S. The average Bonchev–Trinajstić information content (AvgIpc) is 2.39. The van der Waals surface area contributed by atoms with Gasteiger partial charge in [-0.25, -0.2) is 8.42 Å². The first-order valence-corrected chi connectivity index (χ1v) is 8.68. The lowest BCUT2D eigenvalue weighted by Crippen LogP contribution is -2.38. The lowest BCUT2D eigenvalue weighted by molar-refractivity contribution is 0.315. The van der Waals surface area contributed by atoms with Gasteiger partial charge in [-0.2, -0.15) is 4.31 Å². The zero-order valence-electron chi connectivity index (χ0n) is 11.0. The quantitative estimate of drug-likeness (QED) is 0.325. The first-order chi connectivity index (χ1) is 9.23. The average molecular weight is 429 g/mol. The Morgan fingerprint density at radius 3 is 2.50 bits per heavy atom. The van der Waals surface area contributed by atoms with E-state index in [9.17, 15) is 8.42 Å². The predicted molar refractivity (Wildman–Crippen MR) is 84.4 cm³/mol. The highest BCUT2D eigenvalue weighted by molar-refractivity contribution is 9.11. The monoisotopic (exact) mass is 427 g/mol.